The Bertz CT molecular complexity index is 186. The molecule has 124 valence electrons. The van der Waals surface area contributed by atoms with Gasteiger partial charge in [-0.05, 0) is 25.7 Å². The van der Waals surface area contributed by atoms with Crippen LogP contribution in [0, 0.1) is 0 Å². The smallest absolute Gasteiger partial charge is 0.0782 e. The molecule has 0 atom stereocenters. The number of hydrogen-bond donors (Lipinski definition) is 0. The maximum absolute atomic E-state index is 3.51. The van der Waals surface area contributed by atoms with Crippen LogP contribution in [0.15, 0.2) is 0 Å². The molecule has 0 heterocycles. The van der Waals surface area contributed by atoms with Crippen molar-refractivity contribution in [2.24, 2.45) is 0 Å². The predicted octanol–water partition coefficient (Wildman–Crippen LogP) is 2.77. The molecule has 0 radical (unpaired) electrons. The molecule has 0 aromatic rings. The molecule has 0 amide bonds. The van der Waals surface area contributed by atoms with E-state index in [0.29, 0.717) is 0 Å². The Hall–Kier alpha value is 0.730. The lowest BCUT2D eigenvalue weighted by atomic mass is 10.1. The van der Waals surface area contributed by atoms with Crippen molar-refractivity contribution in [3.05, 3.63) is 0 Å². The molecule has 0 aliphatic rings. The lowest BCUT2D eigenvalue weighted by Gasteiger charge is -2.29. The summed E-state index contributed by atoms with van der Waals surface area (Å²) in [7, 11) is 4.78. The molecule has 0 aliphatic carbocycles. The second kappa shape index (κ2) is 16.1. The maximum Gasteiger partial charge on any atom is 0.0782 e. The van der Waals surface area contributed by atoms with Gasteiger partial charge in [-0.15, -0.1) is 0 Å². The van der Waals surface area contributed by atoms with Crippen LogP contribution in [0.2, 0.25) is 0 Å². The molecule has 0 aromatic carbocycles. The van der Waals surface area contributed by atoms with Crippen molar-refractivity contribution in [3.63, 3.8) is 0 Å². The van der Waals surface area contributed by atoms with Crippen LogP contribution in [-0.4, -0.2) is 37.0 Å². The summed E-state index contributed by atoms with van der Waals surface area (Å²) in [4.78, 5) is 0. The highest BCUT2D eigenvalue weighted by atomic mass is 79.9. The van der Waals surface area contributed by atoms with Crippen LogP contribution in [-0.2, 0) is 0 Å². The van der Waals surface area contributed by atoms with E-state index in [1.54, 1.807) is 0 Å². The van der Waals surface area contributed by atoms with Crippen LogP contribution >= 0.6 is 15.9 Å². The van der Waals surface area contributed by atoms with Gasteiger partial charge in [-0.2, -0.15) is 0 Å². The monoisotopic (exact) mass is 369 g/mol. The van der Waals surface area contributed by atoms with Crippen LogP contribution in [0.5, 0.6) is 0 Å². The van der Waals surface area contributed by atoms with E-state index in [-0.39, 0.29) is 12.4 Å². The Kier molecular flexibility index (Phi) is 18.5. The molecule has 1 nitrogen and oxygen atoms in total. The molecule has 0 aromatic heterocycles. The van der Waals surface area contributed by atoms with Crippen LogP contribution < -0.4 is 12.4 Å². The van der Waals surface area contributed by atoms with E-state index in [1.807, 2.05) is 0 Å². The Morgan fingerprint density at radius 3 is 1.50 bits per heavy atom. The van der Waals surface area contributed by atoms with E-state index in [1.165, 1.54) is 88.2 Å². The van der Waals surface area contributed by atoms with Gasteiger partial charge in [0.25, 0.3) is 0 Å². The third kappa shape index (κ3) is 16.8. The van der Waals surface area contributed by atoms with E-state index in [2.05, 4.69) is 36.9 Å². The van der Waals surface area contributed by atoms with Crippen LogP contribution in [0.3, 0.4) is 0 Å². The van der Waals surface area contributed by atoms with Gasteiger partial charge in [0.05, 0.1) is 27.2 Å². The standard InChI is InChI=1S/C17H37BrN.ClH/c1-4-5-6-7-8-9-10-11-13-16-19(2,3)17-14-12-15-18;/h4-17H2,1-3H3;1H/q+1;/p-1. The Morgan fingerprint density at radius 1 is 0.650 bits per heavy atom. The fraction of sp³-hybridized carbons (Fsp3) is 1.00. The summed E-state index contributed by atoms with van der Waals surface area (Å²) < 4.78 is 1.21. The van der Waals surface area contributed by atoms with Crippen molar-refractivity contribution >= 4 is 15.9 Å². The SMILES string of the molecule is CCCCCCCCCCC[N+](C)(C)CCCCBr.[Cl-]. The van der Waals surface area contributed by atoms with E-state index >= 15 is 0 Å². The topological polar surface area (TPSA) is 0 Å². The number of halogens is 2. The summed E-state index contributed by atoms with van der Waals surface area (Å²) in [6, 6.07) is 0. The zero-order chi connectivity index (χ0) is 14.4. The summed E-state index contributed by atoms with van der Waals surface area (Å²) in [5, 5.41) is 1.16. The third-order valence-electron chi connectivity index (χ3n) is 4.01. The minimum atomic E-state index is 0. The number of alkyl halides is 1. The minimum absolute atomic E-state index is 0. The first-order valence-electron chi connectivity index (χ1n) is 8.50. The first-order valence-corrected chi connectivity index (χ1v) is 9.62. The van der Waals surface area contributed by atoms with Gasteiger partial charge in [0, 0.05) is 5.33 Å². The Morgan fingerprint density at radius 2 is 1.05 bits per heavy atom. The lowest BCUT2D eigenvalue weighted by Crippen LogP contribution is -3.00. The number of rotatable bonds is 14. The molecule has 0 unspecified atom stereocenters. The van der Waals surface area contributed by atoms with E-state index < -0.39 is 0 Å². The minimum Gasteiger partial charge on any atom is -1.00 e. The van der Waals surface area contributed by atoms with Crippen LogP contribution in [0.4, 0.5) is 0 Å². The summed E-state index contributed by atoms with van der Waals surface area (Å²) in [6.45, 7) is 4.98. The van der Waals surface area contributed by atoms with Gasteiger partial charge in [0.2, 0.25) is 0 Å². The molecule has 0 saturated carbocycles. The molecule has 0 spiro atoms. The van der Waals surface area contributed by atoms with Gasteiger partial charge in [0.15, 0.2) is 0 Å². The van der Waals surface area contributed by atoms with Crippen molar-refractivity contribution in [2.75, 3.05) is 32.5 Å². The highest BCUT2D eigenvalue weighted by Gasteiger charge is 2.13. The molecular weight excluding hydrogens is 334 g/mol. The van der Waals surface area contributed by atoms with Gasteiger partial charge < -0.3 is 16.9 Å². The first-order chi connectivity index (χ1) is 9.12. The van der Waals surface area contributed by atoms with Gasteiger partial charge in [-0.3, -0.25) is 0 Å². The van der Waals surface area contributed by atoms with E-state index in [4.69, 9.17) is 0 Å². The number of unbranched alkanes of at least 4 members (excludes halogenated alkanes) is 9. The molecule has 0 saturated heterocycles. The fourth-order valence-corrected chi connectivity index (χ4v) is 2.99. The summed E-state index contributed by atoms with van der Waals surface area (Å²) in [6.07, 6.45) is 15.6. The molecule has 0 aliphatic heterocycles. The van der Waals surface area contributed by atoms with Gasteiger partial charge in [0.1, 0.15) is 0 Å². The number of nitrogens with zero attached hydrogens (tertiary/aromatic N) is 1. The van der Waals surface area contributed by atoms with Crippen molar-refractivity contribution < 1.29 is 16.9 Å². The highest BCUT2D eigenvalue weighted by Crippen LogP contribution is 2.11. The summed E-state index contributed by atoms with van der Waals surface area (Å²) >= 11 is 3.51. The van der Waals surface area contributed by atoms with Crippen LogP contribution in [0.25, 0.3) is 0 Å². The predicted molar refractivity (Wildman–Crippen MR) is 92.1 cm³/mol. The third-order valence-corrected chi connectivity index (χ3v) is 4.57. The summed E-state index contributed by atoms with van der Waals surface area (Å²) in [5.74, 6) is 0. The van der Waals surface area contributed by atoms with Crippen molar-refractivity contribution in [1.82, 2.24) is 0 Å². The second-order valence-electron chi connectivity index (χ2n) is 6.61. The quantitative estimate of drug-likeness (QED) is 0.250. The van der Waals surface area contributed by atoms with Crippen molar-refractivity contribution in [1.29, 1.82) is 0 Å². The maximum atomic E-state index is 3.51. The zero-order valence-electron chi connectivity index (χ0n) is 14.1. The molecule has 0 bridgehead atoms. The molecule has 0 rings (SSSR count). The van der Waals surface area contributed by atoms with Crippen molar-refractivity contribution in [3.8, 4) is 0 Å². The highest BCUT2D eigenvalue weighted by molar-refractivity contribution is 9.09. The van der Waals surface area contributed by atoms with Gasteiger partial charge in [-0.25, -0.2) is 0 Å². The Labute approximate surface area is 143 Å². The van der Waals surface area contributed by atoms with Gasteiger partial charge in [-0.1, -0.05) is 67.8 Å². The molecule has 3 heteroatoms. The molecule has 20 heavy (non-hydrogen) atoms. The number of quaternary nitrogens is 1. The second-order valence-corrected chi connectivity index (χ2v) is 7.40. The summed E-state index contributed by atoms with van der Waals surface area (Å²) in [5.41, 5.74) is 0. The normalized spacial score (nSPS) is 11.4. The zero-order valence-corrected chi connectivity index (χ0v) is 16.4. The van der Waals surface area contributed by atoms with Crippen LogP contribution in [0.1, 0.15) is 77.6 Å². The van der Waals surface area contributed by atoms with E-state index in [0.717, 1.165) is 5.33 Å². The molecular formula is C17H37BrClN. The van der Waals surface area contributed by atoms with Gasteiger partial charge >= 0.3 is 0 Å². The number of hydrogen-bond acceptors (Lipinski definition) is 0. The lowest BCUT2D eigenvalue weighted by molar-refractivity contribution is -0.890. The fourth-order valence-electron chi connectivity index (χ4n) is 2.60. The molecule has 0 N–H and O–H groups in total. The largest absolute Gasteiger partial charge is 1.00 e. The average molecular weight is 371 g/mol. The van der Waals surface area contributed by atoms with E-state index in [9.17, 15) is 0 Å². The average Bonchev–Trinajstić information content (AvgIpc) is 2.37. The van der Waals surface area contributed by atoms with Crippen molar-refractivity contribution in [2.45, 2.75) is 77.6 Å². The molecule has 0 fully saturated rings. The Balaban J connectivity index is 0. The first kappa shape index (κ1) is 23.0.